The second-order valence-electron chi connectivity index (χ2n) is 4.48. The van der Waals surface area contributed by atoms with Gasteiger partial charge in [0.1, 0.15) is 5.78 Å². The van der Waals surface area contributed by atoms with Gasteiger partial charge in [-0.1, -0.05) is 19.8 Å². The van der Waals surface area contributed by atoms with Crippen molar-refractivity contribution in [2.24, 2.45) is 11.3 Å². The standard InChI is InChI=1S/C11H18O/c1-2-11(7-8-11)10(12)9-5-3-4-6-9/h9H,2-8H2,1H3. The minimum atomic E-state index is 0.176. The predicted molar refractivity (Wildman–Crippen MR) is 48.9 cm³/mol. The molecule has 2 saturated carbocycles. The molecule has 0 heterocycles. The summed E-state index contributed by atoms with van der Waals surface area (Å²) >= 11 is 0. The minimum absolute atomic E-state index is 0.176. The molecule has 2 aliphatic carbocycles. The van der Waals surface area contributed by atoms with E-state index in [4.69, 9.17) is 0 Å². The van der Waals surface area contributed by atoms with Gasteiger partial charge in [0.25, 0.3) is 0 Å². The fourth-order valence-corrected chi connectivity index (χ4v) is 2.55. The summed E-state index contributed by atoms with van der Waals surface area (Å²) in [5.41, 5.74) is 0.176. The first-order chi connectivity index (χ1) is 5.78. The Balaban J connectivity index is 1.99. The molecule has 0 aromatic heterocycles. The van der Waals surface area contributed by atoms with E-state index in [-0.39, 0.29) is 5.41 Å². The van der Waals surface area contributed by atoms with E-state index < -0.39 is 0 Å². The molecule has 12 heavy (non-hydrogen) atoms. The van der Waals surface area contributed by atoms with E-state index in [1.54, 1.807) is 0 Å². The number of carbonyl (C=O) groups is 1. The number of hydrogen-bond donors (Lipinski definition) is 0. The van der Waals surface area contributed by atoms with Crippen LogP contribution < -0.4 is 0 Å². The van der Waals surface area contributed by atoms with E-state index in [1.807, 2.05) is 0 Å². The van der Waals surface area contributed by atoms with E-state index in [9.17, 15) is 4.79 Å². The van der Waals surface area contributed by atoms with Crippen LogP contribution in [0, 0.1) is 11.3 Å². The van der Waals surface area contributed by atoms with Gasteiger partial charge in [0.2, 0.25) is 0 Å². The quantitative estimate of drug-likeness (QED) is 0.630. The van der Waals surface area contributed by atoms with Crippen LogP contribution in [0.5, 0.6) is 0 Å². The first-order valence-electron chi connectivity index (χ1n) is 5.33. The number of rotatable bonds is 3. The smallest absolute Gasteiger partial charge is 0.142 e. The summed E-state index contributed by atoms with van der Waals surface area (Å²) in [6.45, 7) is 2.17. The Morgan fingerprint density at radius 1 is 1.33 bits per heavy atom. The van der Waals surface area contributed by atoms with E-state index in [0.717, 1.165) is 6.42 Å². The Morgan fingerprint density at radius 2 is 1.92 bits per heavy atom. The highest BCUT2D eigenvalue weighted by Gasteiger charge is 2.49. The molecule has 0 saturated heterocycles. The summed E-state index contributed by atoms with van der Waals surface area (Å²) < 4.78 is 0. The molecular weight excluding hydrogens is 148 g/mol. The van der Waals surface area contributed by atoms with E-state index in [2.05, 4.69) is 6.92 Å². The maximum atomic E-state index is 12.0. The summed E-state index contributed by atoms with van der Waals surface area (Å²) in [5.74, 6) is 1.06. The van der Waals surface area contributed by atoms with Crippen molar-refractivity contribution in [2.75, 3.05) is 0 Å². The van der Waals surface area contributed by atoms with Crippen molar-refractivity contribution in [1.82, 2.24) is 0 Å². The lowest BCUT2D eigenvalue weighted by atomic mass is 9.87. The van der Waals surface area contributed by atoms with Gasteiger partial charge in [0.15, 0.2) is 0 Å². The van der Waals surface area contributed by atoms with Crippen LogP contribution in [-0.4, -0.2) is 5.78 Å². The summed E-state index contributed by atoms with van der Waals surface area (Å²) in [6.07, 6.45) is 8.38. The Morgan fingerprint density at radius 3 is 2.33 bits per heavy atom. The number of Topliss-reactive ketones (excluding diaryl/α,β-unsaturated/α-hetero) is 1. The highest BCUT2D eigenvalue weighted by molar-refractivity contribution is 5.89. The van der Waals surface area contributed by atoms with Gasteiger partial charge in [-0.3, -0.25) is 4.79 Å². The van der Waals surface area contributed by atoms with Crippen LogP contribution in [0.3, 0.4) is 0 Å². The van der Waals surface area contributed by atoms with Crippen LogP contribution in [0.4, 0.5) is 0 Å². The zero-order chi connectivity index (χ0) is 8.60. The average Bonchev–Trinajstić information content (AvgIpc) is 2.71. The van der Waals surface area contributed by atoms with Gasteiger partial charge < -0.3 is 0 Å². The maximum absolute atomic E-state index is 12.0. The molecule has 0 N–H and O–H groups in total. The highest BCUT2D eigenvalue weighted by atomic mass is 16.1. The zero-order valence-corrected chi connectivity index (χ0v) is 7.94. The molecule has 0 spiro atoms. The predicted octanol–water partition coefficient (Wildman–Crippen LogP) is 2.94. The molecule has 1 heteroatoms. The van der Waals surface area contributed by atoms with Gasteiger partial charge in [-0.05, 0) is 32.1 Å². The fourth-order valence-electron chi connectivity index (χ4n) is 2.55. The summed E-state index contributed by atoms with van der Waals surface area (Å²) in [7, 11) is 0. The van der Waals surface area contributed by atoms with Crippen LogP contribution in [-0.2, 0) is 4.79 Å². The number of carbonyl (C=O) groups excluding carboxylic acids is 1. The van der Waals surface area contributed by atoms with Crippen LogP contribution >= 0.6 is 0 Å². The Labute approximate surface area is 74.5 Å². The van der Waals surface area contributed by atoms with Crippen molar-refractivity contribution in [2.45, 2.75) is 51.9 Å². The second kappa shape index (κ2) is 2.86. The molecule has 2 fully saturated rings. The van der Waals surface area contributed by atoms with Gasteiger partial charge in [-0.2, -0.15) is 0 Å². The Hall–Kier alpha value is -0.330. The van der Waals surface area contributed by atoms with Gasteiger partial charge >= 0.3 is 0 Å². The molecule has 0 unspecified atom stereocenters. The third-order valence-electron chi connectivity index (χ3n) is 3.78. The van der Waals surface area contributed by atoms with Gasteiger partial charge in [-0.15, -0.1) is 0 Å². The van der Waals surface area contributed by atoms with Gasteiger partial charge in [-0.25, -0.2) is 0 Å². The SMILES string of the molecule is CCC1(C(=O)C2CCCC2)CC1. The van der Waals surface area contributed by atoms with Crippen LogP contribution in [0.25, 0.3) is 0 Å². The van der Waals surface area contributed by atoms with Crippen molar-refractivity contribution in [1.29, 1.82) is 0 Å². The van der Waals surface area contributed by atoms with Crippen molar-refractivity contribution in [3.8, 4) is 0 Å². The molecule has 0 bridgehead atoms. The molecule has 2 aliphatic rings. The highest BCUT2D eigenvalue weighted by Crippen LogP contribution is 2.52. The lowest BCUT2D eigenvalue weighted by Crippen LogP contribution is -2.22. The molecule has 2 rings (SSSR count). The molecule has 0 aromatic rings. The summed E-state index contributed by atoms with van der Waals surface area (Å²) in [4.78, 5) is 12.0. The normalized spacial score (nSPS) is 27.4. The molecule has 0 aliphatic heterocycles. The van der Waals surface area contributed by atoms with Gasteiger partial charge in [0.05, 0.1) is 0 Å². The fraction of sp³-hybridized carbons (Fsp3) is 0.909. The molecule has 0 aromatic carbocycles. The molecule has 0 atom stereocenters. The van der Waals surface area contributed by atoms with E-state index in [0.29, 0.717) is 11.7 Å². The molecule has 1 nitrogen and oxygen atoms in total. The largest absolute Gasteiger partial charge is 0.299 e. The van der Waals surface area contributed by atoms with E-state index in [1.165, 1.54) is 38.5 Å². The third kappa shape index (κ3) is 1.19. The molecule has 0 radical (unpaired) electrons. The summed E-state index contributed by atoms with van der Waals surface area (Å²) in [5, 5.41) is 0. The average molecular weight is 166 g/mol. The maximum Gasteiger partial charge on any atom is 0.142 e. The lowest BCUT2D eigenvalue weighted by Gasteiger charge is -2.15. The first kappa shape index (κ1) is 8.28. The van der Waals surface area contributed by atoms with Crippen molar-refractivity contribution in [3.05, 3.63) is 0 Å². The monoisotopic (exact) mass is 166 g/mol. The summed E-state index contributed by atoms with van der Waals surface area (Å²) in [6, 6.07) is 0. The molecule has 68 valence electrons. The minimum Gasteiger partial charge on any atom is -0.299 e. The van der Waals surface area contributed by atoms with Crippen molar-refractivity contribution < 1.29 is 4.79 Å². The van der Waals surface area contributed by atoms with Crippen LogP contribution in [0.15, 0.2) is 0 Å². The lowest BCUT2D eigenvalue weighted by molar-refractivity contribution is -0.128. The second-order valence-corrected chi connectivity index (χ2v) is 4.48. The van der Waals surface area contributed by atoms with Crippen LogP contribution in [0.2, 0.25) is 0 Å². The Kier molecular flexibility index (Phi) is 1.97. The molecule has 0 amide bonds. The van der Waals surface area contributed by atoms with Crippen molar-refractivity contribution in [3.63, 3.8) is 0 Å². The van der Waals surface area contributed by atoms with Crippen LogP contribution in [0.1, 0.15) is 51.9 Å². The number of ketones is 1. The van der Waals surface area contributed by atoms with E-state index >= 15 is 0 Å². The van der Waals surface area contributed by atoms with Gasteiger partial charge in [0, 0.05) is 11.3 Å². The third-order valence-corrected chi connectivity index (χ3v) is 3.78. The Bertz CT molecular complexity index is 185. The van der Waals surface area contributed by atoms with Crippen molar-refractivity contribution >= 4 is 5.78 Å². The zero-order valence-electron chi connectivity index (χ0n) is 7.94. The molecular formula is C11H18O. The number of hydrogen-bond acceptors (Lipinski definition) is 1. The topological polar surface area (TPSA) is 17.1 Å². The first-order valence-corrected chi connectivity index (χ1v) is 5.33.